The molecule has 3 nitrogen and oxygen atoms in total. The molecule has 0 fully saturated rings. The lowest BCUT2D eigenvalue weighted by molar-refractivity contribution is 0.686. The fraction of sp³-hybridized carbons (Fsp3) is 0.267. The van der Waals surface area contributed by atoms with Gasteiger partial charge in [0, 0.05) is 26.6 Å². The summed E-state index contributed by atoms with van der Waals surface area (Å²) in [5.74, 6) is 0.101. The number of benzene rings is 1. The summed E-state index contributed by atoms with van der Waals surface area (Å²) in [6.45, 7) is 5.13. The van der Waals surface area contributed by atoms with E-state index in [0.717, 1.165) is 22.3 Å². The molecular formula is C15H18BrN3S. The number of nitrogen functional groups attached to an aromatic ring is 1. The molecule has 2 aromatic rings. The molecule has 20 heavy (non-hydrogen) atoms. The van der Waals surface area contributed by atoms with Gasteiger partial charge in [0.25, 0.3) is 0 Å². The quantitative estimate of drug-likeness (QED) is 0.626. The van der Waals surface area contributed by atoms with Gasteiger partial charge < -0.3 is 10.6 Å². The van der Waals surface area contributed by atoms with Gasteiger partial charge in [-0.15, -0.1) is 11.3 Å². The number of nitrogens with zero attached hydrogens (tertiary/aromatic N) is 1. The minimum atomic E-state index is 0.101. The summed E-state index contributed by atoms with van der Waals surface area (Å²) in [5, 5.41) is 9.85. The van der Waals surface area contributed by atoms with Crippen molar-refractivity contribution in [2.45, 2.75) is 26.4 Å². The number of rotatable bonds is 5. The van der Waals surface area contributed by atoms with Gasteiger partial charge in [0.2, 0.25) is 0 Å². The Hall–Kier alpha value is -1.33. The molecular weight excluding hydrogens is 334 g/mol. The molecule has 0 aliphatic heterocycles. The predicted molar refractivity (Wildman–Crippen MR) is 90.8 cm³/mol. The maximum atomic E-state index is 7.77. The molecule has 1 aromatic heterocycles. The molecule has 0 spiro atoms. The summed E-state index contributed by atoms with van der Waals surface area (Å²) in [6, 6.07) is 10.4. The Bertz CT molecular complexity index is 593. The molecule has 106 valence electrons. The molecule has 2 rings (SSSR count). The molecule has 0 saturated heterocycles. The molecule has 0 aliphatic rings. The van der Waals surface area contributed by atoms with Crippen LogP contribution in [-0.2, 0) is 6.54 Å². The number of anilines is 1. The van der Waals surface area contributed by atoms with Crippen LogP contribution >= 0.6 is 27.3 Å². The fourth-order valence-corrected chi connectivity index (χ4v) is 3.14. The van der Waals surface area contributed by atoms with E-state index in [1.807, 2.05) is 18.2 Å². The lowest BCUT2D eigenvalue weighted by Crippen LogP contribution is -2.32. The van der Waals surface area contributed by atoms with Crippen LogP contribution < -0.4 is 10.6 Å². The third-order valence-corrected chi connectivity index (χ3v) is 4.44. The Morgan fingerprint density at radius 1 is 1.40 bits per heavy atom. The molecule has 1 aromatic carbocycles. The first kappa shape index (κ1) is 15.1. The highest BCUT2D eigenvalue weighted by Gasteiger charge is 2.17. The van der Waals surface area contributed by atoms with Crippen LogP contribution in [0.15, 0.2) is 40.2 Å². The molecule has 0 unspecified atom stereocenters. The maximum absolute atomic E-state index is 7.77. The number of nitrogens with one attached hydrogen (secondary N) is 1. The number of amidine groups is 1. The van der Waals surface area contributed by atoms with Gasteiger partial charge in [-0.25, -0.2) is 0 Å². The average Bonchev–Trinajstić information content (AvgIpc) is 2.87. The first-order chi connectivity index (χ1) is 9.49. The van der Waals surface area contributed by atoms with Crippen LogP contribution in [0.25, 0.3) is 0 Å². The van der Waals surface area contributed by atoms with Gasteiger partial charge in [0.15, 0.2) is 0 Å². The van der Waals surface area contributed by atoms with Crippen LogP contribution in [0.1, 0.15) is 24.3 Å². The Balaban J connectivity index is 2.43. The lowest BCUT2D eigenvalue weighted by atomic mass is 10.1. The van der Waals surface area contributed by atoms with Crippen molar-refractivity contribution in [1.82, 2.24) is 0 Å². The fourth-order valence-electron chi connectivity index (χ4n) is 2.09. The van der Waals surface area contributed by atoms with Crippen LogP contribution in [0.4, 0.5) is 5.69 Å². The molecule has 0 bridgehead atoms. The Morgan fingerprint density at radius 2 is 2.15 bits per heavy atom. The van der Waals surface area contributed by atoms with Gasteiger partial charge >= 0.3 is 0 Å². The zero-order valence-electron chi connectivity index (χ0n) is 11.6. The Kier molecular flexibility index (Phi) is 4.83. The van der Waals surface area contributed by atoms with Gasteiger partial charge in [0.05, 0.1) is 6.54 Å². The van der Waals surface area contributed by atoms with Crippen LogP contribution in [0, 0.1) is 5.41 Å². The van der Waals surface area contributed by atoms with Crippen molar-refractivity contribution in [1.29, 1.82) is 5.41 Å². The molecule has 0 aliphatic carbocycles. The highest BCUT2D eigenvalue weighted by Crippen LogP contribution is 2.29. The normalized spacial score (nSPS) is 10.8. The molecule has 0 atom stereocenters. The molecule has 0 saturated carbocycles. The zero-order valence-corrected chi connectivity index (χ0v) is 14.0. The van der Waals surface area contributed by atoms with Gasteiger partial charge in [-0.1, -0.05) is 22.0 Å². The minimum Gasteiger partial charge on any atom is -0.384 e. The van der Waals surface area contributed by atoms with Crippen molar-refractivity contribution in [2.75, 3.05) is 4.90 Å². The zero-order chi connectivity index (χ0) is 14.7. The van der Waals surface area contributed by atoms with Crippen molar-refractivity contribution in [3.05, 3.63) is 50.6 Å². The molecule has 0 amide bonds. The predicted octanol–water partition coefficient (Wildman–Crippen LogP) is 4.21. The van der Waals surface area contributed by atoms with E-state index in [4.69, 9.17) is 11.1 Å². The van der Waals surface area contributed by atoms with Crippen LogP contribution in [0.2, 0.25) is 0 Å². The Labute approximate surface area is 132 Å². The molecule has 1 heterocycles. The number of nitrogens with two attached hydrogens (primary N) is 1. The number of thiophene rings is 1. The number of hydrogen-bond acceptors (Lipinski definition) is 3. The standard InChI is InChI=1S/C15H18BrN3S/c1-10(2)19(9-12-4-3-7-20-12)14-8-11(16)5-6-13(14)15(17)18/h3-8,10H,9H2,1-2H3,(H3,17,18). The monoisotopic (exact) mass is 351 g/mol. The summed E-state index contributed by atoms with van der Waals surface area (Å²) in [4.78, 5) is 3.57. The van der Waals surface area contributed by atoms with E-state index in [-0.39, 0.29) is 5.84 Å². The average molecular weight is 352 g/mol. The molecule has 5 heteroatoms. The topological polar surface area (TPSA) is 53.1 Å². The summed E-state index contributed by atoms with van der Waals surface area (Å²) in [7, 11) is 0. The molecule has 3 N–H and O–H groups in total. The van der Waals surface area contributed by atoms with E-state index < -0.39 is 0 Å². The number of halogens is 1. The van der Waals surface area contributed by atoms with Gasteiger partial charge in [-0.2, -0.15) is 0 Å². The minimum absolute atomic E-state index is 0.101. The second-order valence-corrected chi connectivity index (χ2v) is 6.82. The molecule has 0 radical (unpaired) electrons. The second-order valence-electron chi connectivity index (χ2n) is 4.88. The Morgan fingerprint density at radius 3 is 2.70 bits per heavy atom. The van der Waals surface area contributed by atoms with E-state index in [1.165, 1.54) is 4.88 Å². The largest absolute Gasteiger partial charge is 0.384 e. The van der Waals surface area contributed by atoms with Crippen molar-refractivity contribution >= 4 is 38.8 Å². The van der Waals surface area contributed by atoms with Crippen LogP contribution in [-0.4, -0.2) is 11.9 Å². The SMILES string of the molecule is CC(C)N(Cc1cccs1)c1cc(Br)ccc1C(=N)N. The van der Waals surface area contributed by atoms with E-state index in [2.05, 4.69) is 52.2 Å². The van der Waals surface area contributed by atoms with Gasteiger partial charge in [0.1, 0.15) is 5.84 Å². The van der Waals surface area contributed by atoms with E-state index >= 15 is 0 Å². The highest BCUT2D eigenvalue weighted by molar-refractivity contribution is 9.10. The summed E-state index contributed by atoms with van der Waals surface area (Å²) in [6.07, 6.45) is 0. The highest BCUT2D eigenvalue weighted by atomic mass is 79.9. The summed E-state index contributed by atoms with van der Waals surface area (Å²) >= 11 is 5.25. The van der Waals surface area contributed by atoms with Crippen LogP contribution in [0.5, 0.6) is 0 Å². The van der Waals surface area contributed by atoms with E-state index in [1.54, 1.807) is 11.3 Å². The summed E-state index contributed by atoms with van der Waals surface area (Å²) < 4.78 is 0.995. The van der Waals surface area contributed by atoms with E-state index in [9.17, 15) is 0 Å². The van der Waals surface area contributed by atoms with Crippen molar-refractivity contribution in [3.63, 3.8) is 0 Å². The first-order valence-corrected chi connectivity index (χ1v) is 8.09. The lowest BCUT2D eigenvalue weighted by Gasteiger charge is -2.30. The van der Waals surface area contributed by atoms with Crippen molar-refractivity contribution in [2.24, 2.45) is 5.73 Å². The maximum Gasteiger partial charge on any atom is 0.124 e. The van der Waals surface area contributed by atoms with Crippen molar-refractivity contribution in [3.8, 4) is 0 Å². The van der Waals surface area contributed by atoms with E-state index in [0.29, 0.717) is 6.04 Å². The van der Waals surface area contributed by atoms with Crippen LogP contribution in [0.3, 0.4) is 0 Å². The van der Waals surface area contributed by atoms with Gasteiger partial charge in [-0.05, 0) is 43.5 Å². The van der Waals surface area contributed by atoms with Crippen molar-refractivity contribution < 1.29 is 0 Å². The van der Waals surface area contributed by atoms with Gasteiger partial charge in [-0.3, -0.25) is 5.41 Å². The third-order valence-electron chi connectivity index (χ3n) is 3.09. The summed E-state index contributed by atoms with van der Waals surface area (Å²) in [5.41, 5.74) is 7.49. The number of hydrogen-bond donors (Lipinski definition) is 2. The smallest absolute Gasteiger partial charge is 0.124 e. The first-order valence-electron chi connectivity index (χ1n) is 6.42. The third kappa shape index (κ3) is 3.41. The second kappa shape index (κ2) is 6.41.